The van der Waals surface area contributed by atoms with Crippen molar-refractivity contribution < 1.29 is 13.9 Å². The van der Waals surface area contributed by atoms with Gasteiger partial charge in [0.1, 0.15) is 11.6 Å². The highest BCUT2D eigenvalue weighted by Crippen LogP contribution is 2.22. The quantitative estimate of drug-likeness (QED) is 0.817. The summed E-state index contributed by atoms with van der Waals surface area (Å²) >= 11 is 0. The zero-order valence-corrected chi connectivity index (χ0v) is 11.0. The van der Waals surface area contributed by atoms with E-state index in [9.17, 15) is 9.18 Å². The zero-order chi connectivity index (χ0) is 13.8. The van der Waals surface area contributed by atoms with Crippen LogP contribution in [0.2, 0.25) is 0 Å². The summed E-state index contributed by atoms with van der Waals surface area (Å²) in [6, 6.07) is 4.56. The van der Waals surface area contributed by atoms with Crippen molar-refractivity contribution in [3.8, 4) is 5.75 Å². The van der Waals surface area contributed by atoms with E-state index in [1.54, 1.807) is 13.0 Å². The van der Waals surface area contributed by atoms with Crippen LogP contribution in [0.1, 0.15) is 25.3 Å². The first-order chi connectivity index (χ1) is 9.10. The van der Waals surface area contributed by atoms with E-state index in [4.69, 9.17) is 10.5 Å². The fraction of sp³-hybridized carbons (Fsp3) is 0.500. The maximum Gasteiger partial charge on any atom is 0.260 e. The topological polar surface area (TPSA) is 64.3 Å². The fourth-order valence-electron chi connectivity index (χ4n) is 1.80. The Morgan fingerprint density at radius 2 is 2.32 bits per heavy atom. The van der Waals surface area contributed by atoms with Gasteiger partial charge in [0.15, 0.2) is 6.10 Å². The van der Waals surface area contributed by atoms with Crippen molar-refractivity contribution in [1.29, 1.82) is 0 Å². The Labute approximate surface area is 112 Å². The molecule has 1 aromatic rings. The highest BCUT2D eigenvalue weighted by molar-refractivity contribution is 5.81. The molecule has 0 radical (unpaired) electrons. The second-order valence-corrected chi connectivity index (χ2v) is 4.83. The van der Waals surface area contributed by atoms with E-state index in [2.05, 4.69) is 5.32 Å². The summed E-state index contributed by atoms with van der Waals surface area (Å²) in [7, 11) is 0. The molecule has 5 heteroatoms. The van der Waals surface area contributed by atoms with E-state index in [0.29, 0.717) is 30.3 Å². The standard InChI is InChI=1S/C14H19FN2O2/c1-9(14(18)17-12-3-4-12)19-13-5-2-11(15)8-10(13)6-7-16/h2,5,8-9,12H,3-4,6-7,16H2,1H3,(H,17,18). The maximum absolute atomic E-state index is 13.2. The molecular formula is C14H19FN2O2. The normalized spacial score (nSPS) is 15.9. The summed E-state index contributed by atoms with van der Waals surface area (Å²) in [4.78, 5) is 11.8. The second-order valence-electron chi connectivity index (χ2n) is 4.83. The van der Waals surface area contributed by atoms with Crippen LogP contribution in [-0.4, -0.2) is 24.6 Å². The summed E-state index contributed by atoms with van der Waals surface area (Å²) in [5, 5.41) is 2.87. The number of rotatable bonds is 6. The SMILES string of the molecule is CC(Oc1ccc(F)cc1CCN)C(=O)NC1CC1. The molecule has 2 rings (SSSR count). The molecule has 19 heavy (non-hydrogen) atoms. The monoisotopic (exact) mass is 266 g/mol. The van der Waals surface area contributed by atoms with Crippen molar-refractivity contribution >= 4 is 5.91 Å². The van der Waals surface area contributed by atoms with Gasteiger partial charge in [0, 0.05) is 6.04 Å². The molecule has 1 aliphatic carbocycles. The second kappa shape index (κ2) is 6.02. The number of ether oxygens (including phenoxy) is 1. The van der Waals surface area contributed by atoms with Gasteiger partial charge in [-0.15, -0.1) is 0 Å². The minimum Gasteiger partial charge on any atom is -0.481 e. The van der Waals surface area contributed by atoms with Gasteiger partial charge in [-0.25, -0.2) is 4.39 Å². The molecule has 4 nitrogen and oxygen atoms in total. The van der Waals surface area contributed by atoms with Gasteiger partial charge in [0.05, 0.1) is 0 Å². The van der Waals surface area contributed by atoms with Gasteiger partial charge in [-0.1, -0.05) is 0 Å². The number of hydrogen-bond acceptors (Lipinski definition) is 3. The van der Waals surface area contributed by atoms with Gasteiger partial charge in [0.25, 0.3) is 5.91 Å². The summed E-state index contributed by atoms with van der Waals surface area (Å²) in [5.74, 6) is 0.0571. The third-order valence-corrected chi connectivity index (χ3v) is 3.03. The van der Waals surface area contributed by atoms with Crippen LogP contribution in [0.5, 0.6) is 5.75 Å². The van der Waals surface area contributed by atoms with Gasteiger partial charge < -0.3 is 15.8 Å². The molecular weight excluding hydrogens is 247 g/mol. The Morgan fingerprint density at radius 3 is 2.95 bits per heavy atom. The number of benzene rings is 1. The molecule has 1 aromatic carbocycles. The summed E-state index contributed by atoms with van der Waals surface area (Å²) in [6.45, 7) is 2.09. The molecule has 104 valence electrons. The molecule has 1 atom stereocenters. The van der Waals surface area contributed by atoms with Gasteiger partial charge in [-0.2, -0.15) is 0 Å². The predicted octanol–water partition coefficient (Wildman–Crippen LogP) is 1.37. The van der Waals surface area contributed by atoms with Crippen molar-refractivity contribution in [1.82, 2.24) is 5.32 Å². The first-order valence-electron chi connectivity index (χ1n) is 6.55. The van der Waals surface area contributed by atoms with Crippen LogP contribution in [0.4, 0.5) is 4.39 Å². The molecule has 0 aliphatic heterocycles. The first kappa shape index (κ1) is 13.8. The lowest BCUT2D eigenvalue weighted by atomic mass is 10.1. The van der Waals surface area contributed by atoms with E-state index >= 15 is 0 Å². The van der Waals surface area contributed by atoms with Crippen molar-refractivity contribution in [2.75, 3.05) is 6.54 Å². The number of halogens is 1. The van der Waals surface area contributed by atoms with Gasteiger partial charge >= 0.3 is 0 Å². The van der Waals surface area contributed by atoms with Gasteiger partial charge in [-0.05, 0) is 56.5 Å². The summed E-state index contributed by atoms with van der Waals surface area (Å²) < 4.78 is 18.8. The number of carbonyl (C=O) groups is 1. The van der Waals surface area contributed by atoms with E-state index in [1.807, 2.05) is 0 Å². The van der Waals surface area contributed by atoms with Gasteiger partial charge in [0.2, 0.25) is 0 Å². The zero-order valence-electron chi connectivity index (χ0n) is 11.0. The lowest BCUT2D eigenvalue weighted by molar-refractivity contribution is -0.127. The van der Waals surface area contributed by atoms with Crippen LogP contribution in [0.25, 0.3) is 0 Å². The Morgan fingerprint density at radius 1 is 1.58 bits per heavy atom. The molecule has 1 fully saturated rings. The van der Waals surface area contributed by atoms with Crippen LogP contribution in [0, 0.1) is 5.82 Å². The van der Waals surface area contributed by atoms with Crippen LogP contribution in [0.15, 0.2) is 18.2 Å². The Bertz CT molecular complexity index is 461. The predicted molar refractivity (Wildman–Crippen MR) is 70.4 cm³/mol. The lowest BCUT2D eigenvalue weighted by Crippen LogP contribution is -2.37. The smallest absolute Gasteiger partial charge is 0.260 e. The molecule has 1 aliphatic rings. The number of nitrogens with two attached hydrogens (primary N) is 1. The highest BCUT2D eigenvalue weighted by atomic mass is 19.1. The number of carbonyl (C=O) groups excluding carboxylic acids is 1. The van der Waals surface area contributed by atoms with E-state index in [1.165, 1.54) is 12.1 Å². The van der Waals surface area contributed by atoms with Crippen molar-refractivity contribution in [3.05, 3.63) is 29.6 Å². The molecule has 0 aromatic heterocycles. The molecule has 1 saturated carbocycles. The van der Waals surface area contributed by atoms with Crippen LogP contribution in [0.3, 0.4) is 0 Å². The molecule has 0 bridgehead atoms. The Balaban J connectivity index is 2.01. The number of amides is 1. The maximum atomic E-state index is 13.2. The van der Waals surface area contributed by atoms with E-state index in [0.717, 1.165) is 12.8 Å². The van der Waals surface area contributed by atoms with Crippen LogP contribution >= 0.6 is 0 Å². The summed E-state index contributed by atoms with van der Waals surface area (Å²) in [5.41, 5.74) is 6.18. The third-order valence-electron chi connectivity index (χ3n) is 3.03. The average Bonchev–Trinajstić information content (AvgIpc) is 3.16. The molecule has 1 unspecified atom stereocenters. The van der Waals surface area contributed by atoms with Crippen LogP contribution < -0.4 is 15.8 Å². The minimum atomic E-state index is -0.595. The molecule has 3 N–H and O–H groups in total. The van der Waals surface area contributed by atoms with Crippen molar-refractivity contribution in [3.63, 3.8) is 0 Å². The van der Waals surface area contributed by atoms with Gasteiger partial charge in [-0.3, -0.25) is 4.79 Å². The van der Waals surface area contributed by atoms with Crippen molar-refractivity contribution in [2.24, 2.45) is 5.73 Å². The average molecular weight is 266 g/mol. The van der Waals surface area contributed by atoms with E-state index < -0.39 is 6.10 Å². The lowest BCUT2D eigenvalue weighted by Gasteiger charge is -2.17. The van der Waals surface area contributed by atoms with Crippen LogP contribution in [-0.2, 0) is 11.2 Å². The summed E-state index contributed by atoms with van der Waals surface area (Å²) in [6.07, 6.45) is 1.99. The van der Waals surface area contributed by atoms with E-state index in [-0.39, 0.29) is 11.7 Å². The Kier molecular flexibility index (Phi) is 4.37. The Hall–Kier alpha value is -1.62. The van der Waals surface area contributed by atoms with Crippen molar-refractivity contribution in [2.45, 2.75) is 38.3 Å². The largest absolute Gasteiger partial charge is 0.481 e. The molecule has 1 amide bonds. The number of hydrogen-bond donors (Lipinski definition) is 2. The first-order valence-corrected chi connectivity index (χ1v) is 6.55. The molecule has 0 saturated heterocycles. The molecule has 0 heterocycles. The highest BCUT2D eigenvalue weighted by Gasteiger charge is 2.26. The number of nitrogens with one attached hydrogen (secondary N) is 1. The minimum absolute atomic E-state index is 0.134. The fourth-order valence-corrected chi connectivity index (χ4v) is 1.80. The third kappa shape index (κ3) is 3.92. The molecule has 0 spiro atoms.